The number of fused-ring (bicyclic) bond motifs is 7. The molecule has 1 atom stereocenters. The van der Waals surface area contributed by atoms with Crippen molar-refractivity contribution in [3.63, 3.8) is 0 Å². The topological polar surface area (TPSA) is 87.2 Å². The van der Waals surface area contributed by atoms with Crippen LogP contribution in [0.25, 0.3) is 94.9 Å². The Kier molecular flexibility index (Phi) is 7.45. The van der Waals surface area contributed by atoms with E-state index >= 15 is 0 Å². The Morgan fingerprint density at radius 2 is 0.982 bits per heavy atom. The van der Waals surface area contributed by atoms with Gasteiger partial charge in [0.25, 0.3) is 0 Å². The average molecular weight is 721 g/mol. The monoisotopic (exact) mass is 720 g/mol. The molecule has 0 radical (unpaired) electrons. The molecule has 0 amide bonds. The van der Waals surface area contributed by atoms with Crippen molar-refractivity contribution in [2.45, 2.75) is 12.5 Å². The zero-order valence-electron chi connectivity index (χ0n) is 30.1. The van der Waals surface area contributed by atoms with Crippen LogP contribution in [-0.2, 0) is 0 Å². The van der Waals surface area contributed by atoms with Gasteiger partial charge in [-0.3, -0.25) is 4.57 Å². The fourth-order valence-corrected chi connectivity index (χ4v) is 8.07. The maximum Gasteiger partial charge on any atom is 0.235 e. The molecule has 1 unspecified atom stereocenters. The summed E-state index contributed by atoms with van der Waals surface area (Å²) in [5.74, 6) is 1.84. The van der Waals surface area contributed by atoms with E-state index in [-0.39, 0.29) is 6.04 Å². The van der Waals surface area contributed by atoms with Gasteiger partial charge >= 0.3 is 0 Å². The fraction of sp³-hybridized carbons (Fsp3) is 0.0417. The van der Waals surface area contributed by atoms with Crippen LogP contribution in [0, 0.1) is 0 Å². The van der Waals surface area contributed by atoms with Crippen LogP contribution < -0.4 is 0 Å². The second-order valence-corrected chi connectivity index (χ2v) is 14.0. The van der Waals surface area contributed by atoms with Crippen molar-refractivity contribution in [3.8, 4) is 51.2 Å². The minimum Gasteiger partial charge on any atom is -0.331 e. The van der Waals surface area contributed by atoms with Gasteiger partial charge in [-0.05, 0) is 24.6 Å². The van der Waals surface area contributed by atoms with E-state index in [4.69, 9.17) is 29.9 Å². The second kappa shape index (κ2) is 13.1. The Bertz CT molecular complexity index is 3040. The summed E-state index contributed by atoms with van der Waals surface area (Å²) in [6.07, 6.45) is 17.1. The highest BCUT2D eigenvalue weighted by Gasteiger charge is 2.25. The lowest BCUT2D eigenvalue weighted by Crippen LogP contribution is -2.09. The standard InChI is InChI=1S/C48H32N8/c1-4-14-31(15-5-1)46-49-27-33(28-50-46)40-26-41(34-29-51-47(52-30-34)32-16-6-2-7-17-32)54-48(53-40)56-43-23-13-11-21-37(43)39-25-24-38-36-20-10-12-22-42(36)55(44(38)45(39)56)35-18-8-3-9-19-35/h1-18,20-30,35H,19H2. The summed E-state index contributed by atoms with van der Waals surface area (Å²) in [7, 11) is 0. The molecule has 1 aliphatic carbocycles. The Morgan fingerprint density at radius 1 is 0.464 bits per heavy atom. The van der Waals surface area contributed by atoms with Crippen LogP contribution in [0.2, 0.25) is 0 Å². The van der Waals surface area contributed by atoms with Gasteiger partial charge in [0.1, 0.15) is 0 Å². The van der Waals surface area contributed by atoms with Gasteiger partial charge in [-0.25, -0.2) is 29.9 Å². The van der Waals surface area contributed by atoms with Gasteiger partial charge in [-0.1, -0.05) is 133 Å². The van der Waals surface area contributed by atoms with Crippen LogP contribution in [-0.4, -0.2) is 39.0 Å². The lowest BCUT2D eigenvalue weighted by molar-refractivity contribution is 0.648. The summed E-state index contributed by atoms with van der Waals surface area (Å²) in [6, 6.07) is 43.8. The largest absolute Gasteiger partial charge is 0.331 e. The Labute approximate surface area is 321 Å². The Morgan fingerprint density at radius 3 is 1.55 bits per heavy atom. The summed E-state index contributed by atoms with van der Waals surface area (Å²) in [5, 5.41) is 4.66. The SMILES string of the molecule is C1=CCC(n2c3ccccc3c3ccc4c5ccccc5n(-c5nc(-c6cnc(-c7ccccc7)nc6)cc(-c6cnc(-c7ccccc7)nc6)n5)c4c32)C=C1. The third-order valence-corrected chi connectivity index (χ3v) is 10.7. The Balaban J connectivity index is 1.19. The fourth-order valence-electron chi connectivity index (χ4n) is 8.07. The van der Waals surface area contributed by atoms with Crippen molar-refractivity contribution in [2.75, 3.05) is 0 Å². The third kappa shape index (κ3) is 5.22. The predicted octanol–water partition coefficient (Wildman–Crippen LogP) is 11.0. The molecule has 0 bridgehead atoms. The number of benzene rings is 5. The average Bonchev–Trinajstić information content (AvgIpc) is 3.80. The molecule has 0 spiro atoms. The molecule has 1 aliphatic rings. The van der Waals surface area contributed by atoms with E-state index in [0.717, 1.165) is 56.0 Å². The number of para-hydroxylation sites is 2. The molecule has 0 saturated carbocycles. The number of aromatic nitrogens is 8. The summed E-state index contributed by atoms with van der Waals surface area (Å²) in [5.41, 5.74) is 9.23. The van der Waals surface area contributed by atoms with Gasteiger partial charge in [0.05, 0.1) is 34.0 Å². The van der Waals surface area contributed by atoms with E-state index in [9.17, 15) is 0 Å². The predicted molar refractivity (Wildman–Crippen MR) is 224 cm³/mol. The molecule has 0 N–H and O–H groups in total. The lowest BCUT2D eigenvalue weighted by Gasteiger charge is -2.19. The van der Waals surface area contributed by atoms with Gasteiger partial charge in [0, 0.05) is 74.1 Å². The van der Waals surface area contributed by atoms with Crippen molar-refractivity contribution < 1.29 is 0 Å². The molecule has 56 heavy (non-hydrogen) atoms. The van der Waals surface area contributed by atoms with Gasteiger partial charge < -0.3 is 4.57 Å². The molecular weight excluding hydrogens is 689 g/mol. The number of hydrogen-bond acceptors (Lipinski definition) is 6. The van der Waals surface area contributed by atoms with E-state index in [2.05, 4.69) is 94.1 Å². The first-order valence-electron chi connectivity index (χ1n) is 18.7. The van der Waals surface area contributed by atoms with Crippen LogP contribution in [0.4, 0.5) is 0 Å². The number of rotatable bonds is 6. The number of nitrogens with zero attached hydrogens (tertiary/aromatic N) is 8. The molecule has 264 valence electrons. The summed E-state index contributed by atoms with van der Waals surface area (Å²) in [4.78, 5) is 29.8. The van der Waals surface area contributed by atoms with Gasteiger partial charge in [-0.15, -0.1) is 0 Å². The van der Waals surface area contributed by atoms with Gasteiger partial charge in [0.15, 0.2) is 11.6 Å². The highest BCUT2D eigenvalue weighted by Crippen LogP contribution is 2.42. The molecule has 8 heteroatoms. The minimum atomic E-state index is 0.142. The highest BCUT2D eigenvalue weighted by atomic mass is 15.2. The molecular formula is C48H32N8. The molecule has 5 aromatic carbocycles. The molecule has 0 aliphatic heterocycles. The first kappa shape index (κ1) is 31.9. The smallest absolute Gasteiger partial charge is 0.235 e. The van der Waals surface area contributed by atoms with E-state index in [1.807, 2.05) is 91.5 Å². The van der Waals surface area contributed by atoms with Crippen molar-refractivity contribution in [1.29, 1.82) is 0 Å². The van der Waals surface area contributed by atoms with Crippen LogP contribution >= 0.6 is 0 Å². The molecule has 5 aromatic heterocycles. The maximum absolute atomic E-state index is 5.34. The van der Waals surface area contributed by atoms with Crippen LogP contribution in [0.3, 0.4) is 0 Å². The van der Waals surface area contributed by atoms with E-state index in [1.165, 1.54) is 16.3 Å². The van der Waals surface area contributed by atoms with Gasteiger partial charge in [0.2, 0.25) is 5.95 Å². The first-order chi connectivity index (χ1) is 27.8. The van der Waals surface area contributed by atoms with Crippen LogP contribution in [0.1, 0.15) is 12.5 Å². The lowest BCUT2D eigenvalue weighted by atomic mass is 10.1. The quantitative estimate of drug-likeness (QED) is 0.170. The summed E-state index contributed by atoms with van der Waals surface area (Å²) >= 11 is 0. The Hall–Kier alpha value is -7.58. The number of allylic oxidation sites excluding steroid dienone is 4. The zero-order valence-corrected chi connectivity index (χ0v) is 30.1. The minimum absolute atomic E-state index is 0.142. The van der Waals surface area contributed by atoms with E-state index < -0.39 is 0 Å². The summed E-state index contributed by atoms with van der Waals surface area (Å²) in [6.45, 7) is 0. The molecule has 0 saturated heterocycles. The first-order valence-corrected chi connectivity index (χ1v) is 18.7. The van der Waals surface area contributed by atoms with Crippen LogP contribution in [0.15, 0.2) is 176 Å². The van der Waals surface area contributed by atoms with Crippen LogP contribution in [0.5, 0.6) is 0 Å². The molecule has 8 nitrogen and oxygen atoms in total. The van der Waals surface area contributed by atoms with Crippen molar-refractivity contribution in [1.82, 2.24) is 39.0 Å². The zero-order chi connectivity index (χ0) is 37.0. The second-order valence-electron chi connectivity index (χ2n) is 14.0. The van der Waals surface area contributed by atoms with Gasteiger partial charge in [-0.2, -0.15) is 0 Å². The number of hydrogen-bond donors (Lipinski definition) is 0. The van der Waals surface area contributed by atoms with E-state index in [0.29, 0.717) is 29.0 Å². The van der Waals surface area contributed by atoms with Crippen molar-refractivity contribution >= 4 is 43.6 Å². The third-order valence-electron chi connectivity index (χ3n) is 10.7. The molecule has 10 aromatic rings. The molecule has 5 heterocycles. The summed E-state index contributed by atoms with van der Waals surface area (Å²) < 4.78 is 4.73. The molecule has 0 fully saturated rings. The van der Waals surface area contributed by atoms with Crippen molar-refractivity contribution in [3.05, 3.63) is 176 Å². The normalized spacial score (nSPS) is 14.0. The van der Waals surface area contributed by atoms with E-state index in [1.54, 1.807) is 0 Å². The van der Waals surface area contributed by atoms with Crippen molar-refractivity contribution in [2.24, 2.45) is 0 Å². The molecule has 11 rings (SSSR count). The highest BCUT2D eigenvalue weighted by molar-refractivity contribution is 6.23. The maximum atomic E-state index is 5.34.